The van der Waals surface area contributed by atoms with E-state index in [0.29, 0.717) is 35.2 Å². The fraction of sp³-hybridized carbons (Fsp3) is 0.389. The van der Waals surface area contributed by atoms with Crippen LogP contribution in [-0.4, -0.2) is 45.2 Å². The Morgan fingerprint density at radius 2 is 2.16 bits per heavy atom. The van der Waals surface area contributed by atoms with Crippen LogP contribution in [-0.2, 0) is 0 Å². The largest absolute Gasteiger partial charge is 0.493 e. The van der Waals surface area contributed by atoms with E-state index in [1.165, 1.54) is 7.11 Å². The summed E-state index contributed by atoms with van der Waals surface area (Å²) in [6.45, 7) is 2.70. The van der Waals surface area contributed by atoms with Crippen molar-refractivity contribution in [3.8, 4) is 11.5 Å². The molecule has 1 N–H and O–H groups in total. The molecule has 0 spiro atoms. The van der Waals surface area contributed by atoms with E-state index < -0.39 is 0 Å². The Hall–Kier alpha value is -2.18. The number of furan rings is 1. The highest BCUT2D eigenvalue weighted by molar-refractivity contribution is 6.32. The molecule has 1 heterocycles. The summed E-state index contributed by atoms with van der Waals surface area (Å²) in [5.74, 6) is 1.40. The Labute approximate surface area is 152 Å². The van der Waals surface area contributed by atoms with Gasteiger partial charge in [0.25, 0.3) is 5.91 Å². The van der Waals surface area contributed by atoms with E-state index in [1.807, 2.05) is 38.1 Å². The molecule has 2 rings (SSSR count). The van der Waals surface area contributed by atoms with Crippen molar-refractivity contribution in [3.05, 3.63) is 46.9 Å². The first kappa shape index (κ1) is 19.1. The van der Waals surface area contributed by atoms with E-state index in [9.17, 15) is 4.79 Å². The lowest BCUT2D eigenvalue weighted by atomic mass is 10.1. The number of nitrogens with one attached hydrogen (secondary N) is 1. The monoisotopic (exact) mass is 366 g/mol. The number of nitrogens with zero attached hydrogens (tertiary/aromatic N) is 1. The normalized spacial score (nSPS) is 12.1. The Kier molecular flexibility index (Phi) is 6.73. The van der Waals surface area contributed by atoms with Crippen molar-refractivity contribution in [3.63, 3.8) is 0 Å². The van der Waals surface area contributed by atoms with Gasteiger partial charge in [-0.2, -0.15) is 0 Å². The van der Waals surface area contributed by atoms with Gasteiger partial charge < -0.3 is 19.2 Å². The third-order valence-electron chi connectivity index (χ3n) is 3.73. The van der Waals surface area contributed by atoms with Crippen LogP contribution in [0.25, 0.3) is 0 Å². The summed E-state index contributed by atoms with van der Waals surface area (Å²) in [5.41, 5.74) is 0.405. The number of amides is 1. The number of rotatable bonds is 8. The molecule has 0 unspecified atom stereocenters. The molecular weight excluding hydrogens is 344 g/mol. The Balaban J connectivity index is 2.13. The molecule has 0 aliphatic rings. The summed E-state index contributed by atoms with van der Waals surface area (Å²) in [6.07, 6.45) is 1.62. The summed E-state index contributed by atoms with van der Waals surface area (Å²) >= 11 is 6.22. The molecule has 2 aromatic rings. The number of benzene rings is 1. The quantitative estimate of drug-likeness (QED) is 0.776. The van der Waals surface area contributed by atoms with Crippen molar-refractivity contribution in [2.24, 2.45) is 0 Å². The maximum atomic E-state index is 12.5. The second kappa shape index (κ2) is 8.78. The van der Waals surface area contributed by atoms with Gasteiger partial charge >= 0.3 is 0 Å². The van der Waals surface area contributed by atoms with E-state index >= 15 is 0 Å². The molecule has 0 bridgehead atoms. The van der Waals surface area contributed by atoms with E-state index in [1.54, 1.807) is 18.4 Å². The molecule has 0 aliphatic carbocycles. The fourth-order valence-electron chi connectivity index (χ4n) is 2.45. The zero-order valence-electron chi connectivity index (χ0n) is 14.8. The van der Waals surface area contributed by atoms with Crippen molar-refractivity contribution in [1.82, 2.24) is 10.2 Å². The molecule has 1 atom stereocenters. The number of likely N-dealkylation sites (N-methyl/N-ethyl adjacent to an activating group) is 1. The van der Waals surface area contributed by atoms with E-state index in [0.717, 1.165) is 5.76 Å². The minimum atomic E-state index is -0.248. The van der Waals surface area contributed by atoms with Crippen molar-refractivity contribution < 1.29 is 18.7 Å². The maximum Gasteiger partial charge on any atom is 0.251 e. The second-order valence-corrected chi connectivity index (χ2v) is 6.03. The van der Waals surface area contributed by atoms with Crippen LogP contribution in [0.3, 0.4) is 0 Å². The van der Waals surface area contributed by atoms with Crippen molar-refractivity contribution >= 4 is 17.5 Å². The summed E-state index contributed by atoms with van der Waals surface area (Å²) in [4.78, 5) is 14.5. The molecule has 6 nitrogen and oxygen atoms in total. The number of hydrogen-bond acceptors (Lipinski definition) is 5. The van der Waals surface area contributed by atoms with E-state index in [-0.39, 0.29) is 11.9 Å². The highest BCUT2D eigenvalue weighted by atomic mass is 35.5. The molecule has 0 saturated heterocycles. The van der Waals surface area contributed by atoms with Gasteiger partial charge in [-0.25, -0.2) is 0 Å². The van der Waals surface area contributed by atoms with Crippen molar-refractivity contribution in [2.45, 2.75) is 13.0 Å². The first-order valence-corrected chi connectivity index (χ1v) is 8.34. The molecule has 1 amide bonds. The number of methoxy groups -OCH3 is 1. The van der Waals surface area contributed by atoms with E-state index in [2.05, 4.69) is 5.32 Å². The fourth-order valence-corrected chi connectivity index (χ4v) is 2.71. The highest BCUT2D eigenvalue weighted by Gasteiger charge is 2.20. The van der Waals surface area contributed by atoms with Gasteiger partial charge in [-0.05, 0) is 45.3 Å². The molecule has 0 saturated carbocycles. The molecule has 1 aromatic carbocycles. The SMILES string of the molecule is CCOc1c(Cl)cc(C(=O)NC[C@@H](c2ccco2)N(C)C)cc1OC. The van der Waals surface area contributed by atoms with Gasteiger partial charge in [0, 0.05) is 12.1 Å². The first-order valence-electron chi connectivity index (χ1n) is 7.96. The number of carbonyl (C=O) groups excluding carboxylic acids is 1. The zero-order chi connectivity index (χ0) is 18.4. The standard InChI is InChI=1S/C18H23ClN2O4/c1-5-24-17-13(19)9-12(10-16(17)23-4)18(22)20-11-14(21(2)3)15-7-6-8-25-15/h6-10,14H,5,11H2,1-4H3,(H,20,22)/t14-/m0/s1. The lowest BCUT2D eigenvalue weighted by Gasteiger charge is -2.22. The topological polar surface area (TPSA) is 63.9 Å². The average molecular weight is 367 g/mol. The lowest BCUT2D eigenvalue weighted by Crippen LogP contribution is -2.34. The maximum absolute atomic E-state index is 12.5. The number of halogens is 1. The molecule has 0 radical (unpaired) electrons. The third-order valence-corrected chi connectivity index (χ3v) is 4.01. The molecular formula is C18H23ClN2O4. The molecule has 136 valence electrons. The van der Waals surface area contributed by atoms with Crippen LogP contribution in [0.4, 0.5) is 0 Å². The number of ether oxygens (including phenoxy) is 2. The van der Waals surface area contributed by atoms with E-state index in [4.69, 9.17) is 25.5 Å². The van der Waals surface area contributed by atoms with Crippen LogP contribution in [0.1, 0.15) is 29.1 Å². The van der Waals surface area contributed by atoms with Crippen LogP contribution in [0.5, 0.6) is 11.5 Å². The minimum absolute atomic E-state index is 0.0704. The average Bonchev–Trinajstić information content (AvgIpc) is 3.10. The van der Waals surface area contributed by atoms with Crippen molar-refractivity contribution in [1.29, 1.82) is 0 Å². The molecule has 0 aliphatic heterocycles. The lowest BCUT2D eigenvalue weighted by molar-refractivity contribution is 0.0938. The summed E-state index contributed by atoms with van der Waals surface area (Å²) in [5, 5.41) is 3.24. The Morgan fingerprint density at radius 1 is 1.40 bits per heavy atom. The van der Waals surface area contributed by atoms with Crippen LogP contribution in [0.2, 0.25) is 5.02 Å². The van der Waals surface area contributed by atoms with Crippen LogP contribution < -0.4 is 14.8 Å². The molecule has 7 heteroatoms. The van der Waals surface area contributed by atoms with Gasteiger partial charge in [-0.1, -0.05) is 11.6 Å². The van der Waals surface area contributed by atoms with Gasteiger partial charge in [0.15, 0.2) is 11.5 Å². The van der Waals surface area contributed by atoms with Gasteiger partial charge in [-0.3, -0.25) is 9.69 Å². The second-order valence-electron chi connectivity index (χ2n) is 5.63. The predicted molar refractivity (Wildman–Crippen MR) is 96.6 cm³/mol. The number of hydrogen-bond donors (Lipinski definition) is 1. The molecule has 1 aromatic heterocycles. The summed E-state index contributed by atoms with van der Waals surface area (Å²) in [7, 11) is 5.36. The Morgan fingerprint density at radius 3 is 2.72 bits per heavy atom. The highest BCUT2D eigenvalue weighted by Crippen LogP contribution is 2.36. The van der Waals surface area contributed by atoms with Gasteiger partial charge in [-0.15, -0.1) is 0 Å². The predicted octanol–water partition coefficient (Wildman–Crippen LogP) is 3.37. The van der Waals surface area contributed by atoms with Crippen molar-refractivity contribution in [2.75, 3.05) is 34.4 Å². The minimum Gasteiger partial charge on any atom is -0.493 e. The number of carbonyl (C=O) groups is 1. The molecule has 25 heavy (non-hydrogen) atoms. The van der Waals surface area contributed by atoms with Crippen LogP contribution in [0.15, 0.2) is 34.9 Å². The van der Waals surface area contributed by atoms with Gasteiger partial charge in [0.1, 0.15) is 5.76 Å². The summed E-state index contributed by atoms with van der Waals surface area (Å²) < 4.78 is 16.2. The molecule has 0 fully saturated rings. The third kappa shape index (κ3) is 4.67. The summed E-state index contributed by atoms with van der Waals surface area (Å²) in [6, 6.07) is 6.82. The van der Waals surface area contributed by atoms with Gasteiger partial charge in [0.2, 0.25) is 0 Å². The Bertz CT molecular complexity index is 701. The van der Waals surface area contributed by atoms with Crippen LogP contribution >= 0.6 is 11.6 Å². The van der Waals surface area contributed by atoms with Crippen LogP contribution in [0, 0.1) is 0 Å². The zero-order valence-corrected chi connectivity index (χ0v) is 15.6. The first-order chi connectivity index (χ1) is 12.0. The van der Waals surface area contributed by atoms with Gasteiger partial charge in [0.05, 0.1) is 31.0 Å². The smallest absolute Gasteiger partial charge is 0.251 e.